The molecule has 0 unspecified atom stereocenters. The lowest BCUT2D eigenvalue weighted by molar-refractivity contribution is -0.123. The molecule has 0 spiro atoms. The summed E-state index contributed by atoms with van der Waals surface area (Å²) >= 11 is 0. The van der Waals surface area contributed by atoms with E-state index in [-0.39, 0.29) is 24.9 Å². The van der Waals surface area contributed by atoms with Crippen molar-refractivity contribution in [3.05, 3.63) is 65.7 Å². The average molecular weight is 430 g/mol. The molecule has 6 heteroatoms. The van der Waals surface area contributed by atoms with Gasteiger partial charge in [0.25, 0.3) is 5.91 Å². The first-order chi connectivity index (χ1) is 14.2. The summed E-state index contributed by atoms with van der Waals surface area (Å²) in [6.45, 7) is 4.31. The summed E-state index contributed by atoms with van der Waals surface area (Å²) in [4.78, 5) is 14.5. The monoisotopic (exact) mass is 429 g/mol. The number of nitrogens with one attached hydrogen (secondary N) is 1. The highest BCUT2D eigenvalue weighted by molar-refractivity contribution is 5.85. The number of halogens is 1. The molecule has 1 aliphatic carbocycles. The molecule has 2 atom stereocenters. The molecule has 0 radical (unpaired) electrons. The molecule has 0 bridgehead atoms. The van der Waals surface area contributed by atoms with Gasteiger partial charge in [0.05, 0.1) is 0 Å². The Morgan fingerprint density at radius 3 is 2.53 bits per heavy atom. The van der Waals surface area contributed by atoms with Crippen LogP contribution in [0.15, 0.2) is 54.6 Å². The van der Waals surface area contributed by atoms with Crippen LogP contribution < -0.4 is 15.8 Å². The number of hydrogen-bond acceptors (Lipinski definition) is 4. The molecule has 2 aromatic rings. The topological polar surface area (TPSA) is 67.6 Å². The zero-order valence-corrected chi connectivity index (χ0v) is 18.2. The van der Waals surface area contributed by atoms with E-state index < -0.39 is 0 Å². The number of carbonyl (C=O) groups is 1. The third kappa shape index (κ3) is 5.97. The molecule has 0 aromatic heterocycles. The number of hydrogen-bond donors (Lipinski definition) is 2. The number of benzene rings is 2. The smallest absolute Gasteiger partial charge is 0.257 e. The maximum atomic E-state index is 12.0. The van der Waals surface area contributed by atoms with Crippen LogP contribution in [0, 0.1) is 11.8 Å². The van der Waals surface area contributed by atoms with Crippen LogP contribution in [0.5, 0.6) is 5.75 Å². The van der Waals surface area contributed by atoms with Gasteiger partial charge in [0.1, 0.15) is 5.75 Å². The Kier molecular flexibility index (Phi) is 8.14. The Balaban J connectivity index is 0.00000256. The van der Waals surface area contributed by atoms with Crippen molar-refractivity contribution in [1.29, 1.82) is 0 Å². The molecular weight excluding hydrogens is 398 g/mol. The predicted molar refractivity (Wildman–Crippen MR) is 122 cm³/mol. The van der Waals surface area contributed by atoms with Crippen LogP contribution in [0.1, 0.15) is 29.9 Å². The molecule has 3 N–H and O–H groups in total. The largest absolute Gasteiger partial charge is 0.483 e. The van der Waals surface area contributed by atoms with Gasteiger partial charge in [0.2, 0.25) is 0 Å². The van der Waals surface area contributed by atoms with E-state index in [2.05, 4.69) is 46.6 Å². The molecule has 4 rings (SSSR count). The lowest BCUT2D eigenvalue weighted by Gasteiger charge is -2.18. The van der Waals surface area contributed by atoms with Crippen LogP contribution in [0.2, 0.25) is 0 Å². The van der Waals surface area contributed by atoms with Crippen LogP contribution in [0.25, 0.3) is 0 Å². The van der Waals surface area contributed by atoms with E-state index >= 15 is 0 Å². The van der Waals surface area contributed by atoms with Crippen molar-refractivity contribution in [3.63, 3.8) is 0 Å². The molecule has 1 aliphatic heterocycles. The lowest BCUT2D eigenvalue weighted by atomic mass is 9.89. The summed E-state index contributed by atoms with van der Waals surface area (Å²) in [5, 5.41) is 2.96. The number of likely N-dealkylation sites (tertiary alicyclic amines) is 1. The van der Waals surface area contributed by atoms with Gasteiger partial charge in [-0.2, -0.15) is 0 Å². The van der Waals surface area contributed by atoms with E-state index in [0.717, 1.165) is 37.5 Å². The average Bonchev–Trinajstić information content (AvgIpc) is 3.50. The summed E-state index contributed by atoms with van der Waals surface area (Å²) < 4.78 is 5.86. The first kappa shape index (κ1) is 22.6. The third-order valence-electron chi connectivity index (χ3n) is 6.06. The van der Waals surface area contributed by atoms with Crippen molar-refractivity contribution in [3.8, 4) is 5.75 Å². The van der Waals surface area contributed by atoms with Crippen LogP contribution in [0.4, 0.5) is 0 Å². The minimum atomic E-state index is -0.0415. The number of carbonyl (C=O) groups excluding carboxylic acids is 1. The molecule has 1 saturated carbocycles. The number of para-hydroxylation sites is 1. The van der Waals surface area contributed by atoms with Gasteiger partial charge >= 0.3 is 0 Å². The molecule has 162 valence electrons. The van der Waals surface area contributed by atoms with Gasteiger partial charge in [-0.15, -0.1) is 12.4 Å². The molecule has 1 saturated heterocycles. The van der Waals surface area contributed by atoms with Gasteiger partial charge in [-0.3, -0.25) is 9.69 Å². The van der Waals surface area contributed by atoms with Crippen LogP contribution in [-0.2, 0) is 11.3 Å². The normalized spacial score (nSPS) is 21.1. The van der Waals surface area contributed by atoms with Gasteiger partial charge in [-0.05, 0) is 42.9 Å². The maximum Gasteiger partial charge on any atom is 0.257 e. The number of ether oxygens (including phenoxy) is 1. The van der Waals surface area contributed by atoms with E-state index in [0.29, 0.717) is 24.3 Å². The first-order valence-corrected chi connectivity index (χ1v) is 10.7. The quantitative estimate of drug-likeness (QED) is 0.642. The highest BCUT2D eigenvalue weighted by Crippen LogP contribution is 2.33. The van der Waals surface area contributed by atoms with E-state index in [4.69, 9.17) is 10.5 Å². The molecule has 2 aromatic carbocycles. The first-order valence-electron chi connectivity index (χ1n) is 10.7. The molecule has 2 fully saturated rings. The minimum absolute atomic E-state index is 0. The van der Waals surface area contributed by atoms with Crippen molar-refractivity contribution in [2.75, 3.05) is 32.8 Å². The Morgan fingerprint density at radius 2 is 1.80 bits per heavy atom. The second-order valence-electron chi connectivity index (χ2n) is 8.35. The van der Waals surface area contributed by atoms with Gasteiger partial charge < -0.3 is 15.8 Å². The van der Waals surface area contributed by atoms with Crippen molar-refractivity contribution >= 4 is 18.3 Å². The molecule has 5 nitrogen and oxygen atoms in total. The number of rotatable bonds is 9. The van der Waals surface area contributed by atoms with E-state index in [9.17, 15) is 4.79 Å². The predicted octanol–water partition coefficient (Wildman–Crippen LogP) is 3.19. The summed E-state index contributed by atoms with van der Waals surface area (Å²) in [6, 6.07) is 18.7. The number of amides is 1. The Bertz CT molecular complexity index is 813. The standard InChI is InChI=1S/C24H31N3O2.ClH/c25-12-21-15-27(16-22(21)19-6-2-1-3-7-19)14-20-8-4-5-9-23(20)29-17-24(28)26-13-18-10-11-18;/h1-9,18,21-22H,10-17,25H2,(H,26,28);1H/t21-,22+;/m1./s1. The lowest BCUT2D eigenvalue weighted by Crippen LogP contribution is -2.30. The van der Waals surface area contributed by atoms with Crippen LogP contribution in [0.3, 0.4) is 0 Å². The maximum absolute atomic E-state index is 12.0. The third-order valence-corrected chi connectivity index (χ3v) is 6.06. The number of nitrogens with two attached hydrogens (primary N) is 1. The summed E-state index contributed by atoms with van der Waals surface area (Å²) in [7, 11) is 0. The van der Waals surface area contributed by atoms with E-state index in [1.807, 2.05) is 18.2 Å². The van der Waals surface area contributed by atoms with Gasteiger partial charge in [0.15, 0.2) is 6.61 Å². The summed E-state index contributed by atoms with van der Waals surface area (Å²) in [5.41, 5.74) is 8.57. The van der Waals surface area contributed by atoms with Crippen LogP contribution in [-0.4, -0.2) is 43.6 Å². The highest BCUT2D eigenvalue weighted by atomic mass is 35.5. The van der Waals surface area contributed by atoms with Gasteiger partial charge in [-0.25, -0.2) is 0 Å². The van der Waals surface area contributed by atoms with Crippen molar-refractivity contribution in [1.82, 2.24) is 10.2 Å². The zero-order chi connectivity index (χ0) is 20.1. The second-order valence-corrected chi connectivity index (χ2v) is 8.35. The molecule has 30 heavy (non-hydrogen) atoms. The Hall–Kier alpha value is -2.08. The van der Waals surface area contributed by atoms with Gasteiger partial charge in [-0.1, -0.05) is 48.5 Å². The fraction of sp³-hybridized carbons (Fsp3) is 0.458. The Labute approximate surface area is 185 Å². The molecule has 2 aliphatic rings. The fourth-order valence-corrected chi connectivity index (χ4v) is 4.20. The van der Waals surface area contributed by atoms with E-state index in [1.54, 1.807) is 0 Å². The minimum Gasteiger partial charge on any atom is -0.483 e. The molecular formula is C24H32ClN3O2. The van der Waals surface area contributed by atoms with Crippen molar-refractivity contribution < 1.29 is 9.53 Å². The SMILES string of the molecule is Cl.NC[C@@H]1CN(Cc2ccccc2OCC(=O)NCC2CC2)C[C@H]1c1ccccc1. The summed E-state index contributed by atoms with van der Waals surface area (Å²) in [5.74, 6) is 2.34. The second kappa shape index (κ2) is 10.8. The zero-order valence-electron chi connectivity index (χ0n) is 17.3. The van der Waals surface area contributed by atoms with Crippen LogP contribution >= 0.6 is 12.4 Å². The van der Waals surface area contributed by atoms with Crippen molar-refractivity contribution in [2.45, 2.75) is 25.3 Å². The number of nitrogens with zero attached hydrogens (tertiary/aromatic N) is 1. The fourth-order valence-electron chi connectivity index (χ4n) is 4.20. The van der Waals surface area contributed by atoms with E-state index in [1.165, 1.54) is 18.4 Å². The molecule has 1 heterocycles. The highest BCUT2D eigenvalue weighted by Gasteiger charge is 2.33. The summed E-state index contributed by atoms with van der Waals surface area (Å²) in [6.07, 6.45) is 2.46. The molecule has 1 amide bonds. The Morgan fingerprint density at radius 1 is 1.07 bits per heavy atom. The van der Waals surface area contributed by atoms with Gasteiger partial charge in [0, 0.05) is 37.7 Å². The van der Waals surface area contributed by atoms with Crippen molar-refractivity contribution in [2.24, 2.45) is 17.6 Å².